The smallest absolute Gasteiger partial charge is 0.427 e. The van der Waals surface area contributed by atoms with Crippen LogP contribution in [-0.4, -0.2) is 62.8 Å². The lowest BCUT2D eigenvalue weighted by Gasteiger charge is -2.35. The summed E-state index contributed by atoms with van der Waals surface area (Å²) in [7, 11) is 2.14. The molecule has 4 rings (SSSR count). The van der Waals surface area contributed by atoms with Gasteiger partial charge in [0.15, 0.2) is 0 Å². The molecule has 0 aromatic heterocycles. The highest BCUT2D eigenvalue weighted by Crippen LogP contribution is 2.41. The summed E-state index contributed by atoms with van der Waals surface area (Å²) in [6.07, 6.45) is 0.778. The van der Waals surface area contributed by atoms with Crippen LogP contribution in [-0.2, 0) is 16.0 Å². The molecule has 182 valence electrons. The van der Waals surface area contributed by atoms with Crippen LogP contribution in [0.5, 0.6) is 0 Å². The molecule has 8 nitrogen and oxygen atoms in total. The lowest BCUT2D eigenvalue weighted by molar-refractivity contribution is -0.108. The highest BCUT2D eigenvalue weighted by atomic mass is 35.5. The third-order valence-corrected chi connectivity index (χ3v) is 6.35. The Balaban J connectivity index is 1.51. The first-order valence-electron chi connectivity index (χ1n) is 11.5. The van der Waals surface area contributed by atoms with Crippen LogP contribution in [0.2, 0.25) is 5.02 Å². The maximum Gasteiger partial charge on any atom is 0.427 e. The van der Waals surface area contributed by atoms with Gasteiger partial charge in [-0.2, -0.15) is 0 Å². The van der Waals surface area contributed by atoms with E-state index in [4.69, 9.17) is 16.3 Å². The normalized spacial score (nSPS) is 16.3. The topological polar surface area (TPSA) is 68.4 Å². The number of nitrogens with zero attached hydrogens (tertiary/aromatic N) is 4. The zero-order valence-electron chi connectivity index (χ0n) is 20.2. The SMILES string of the molecule is CN1CCN(c2cc3c(cc2Cl)CCN3c2ccc(N(C=O)NC(=O)OC(C)(C)C)cc2)CC1. The zero-order valence-corrected chi connectivity index (χ0v) is 20.9. The molecule has 0 radical (unpaired) electrons. The highest BCUT2D eigenvalue weighted by molar-refractivity contribution is 6.33. The second kappa shape index (κ2) is 9.72. The van der Waals surface area contributed by atoms with E-state index in [1.165, 1.54) is 5.56 Å². The molecule has 0 spiro atoms. The number of likely N-dealkylation sites (N-methyl/N-ethyl adjacent to an activating group) is 1. The number of ether oxygens (including phenoxy) is 1. The Bertz CT molecular complexity index is 1050. The summed E-state index contributed by atoms with van der Waals surface area (Å²) in [5.41, 5.74) is 6.82. The Morgan fingerprint density at radius 1 is 1.06 bits per heavy atom. The summed E-state index contributed by atoms with van der Waals surface area (Å²) < 4.78 is 5.24. The molecule has 1 fully saturated rings. The van der Waals surface area contributed by atoms with Crippen molar-refractivity contribution in [2.24, 2.45) is 0 Å². The molecule has 1 N–H and O–H groups in total. The second-order valence-corrected chi connectivity index (χ2v) is 10.1. The van der Waals surface area contributed by atoms with Crippen molar-refractivity contribution in [3.8, 4) is 0 Å². The average molecular weight is 486 g/mol. The molecule has 0 saturated carbocycles. The van der Waals surface area contributed by atoms with Crippen molar-refractivity contribution in [1.29, 1.82) is 0 Å². The van der Waals surface area contributed by atoms with Gasteiger partial charge in [0.05, 0.1) is 16.4 Å². The van der Waals surface area contributed by atoms with Crippen LogP contribution >= 0.6 is 11.6 Å². The van der Waals surface area contributed by atoms with Crippen LogP contribution in [0.15, 0.2) is 36.4 Å². The van der Waals surface area contributed by atoms with Gasteiger partial charge in [-0.15, -0.1) is 0 Å². The van der Waals surface area contributed by atoms with E-state index in [0.717, 1.165) is 66.2 Å². The number of anilines is 4. The van der Waals surface area contributed by atoms with E-state index in [2.05, 4.69) is 39.3 Å². The van der Waals surface area contributed by atoms with Crippen LogP contribution in [0.1, 0.15) is 26.3 Å². The van der Waals surface area contributed by atoms with Gasteiger partial charge in [0.2, 0.25) is 6.41 Å². The maximum atomic E-state index is 12.1. The monoisotopic (exact) mass is 485 g/mol. The number of nitrogens with one attached hydrogen (secondary N) is 1. The minimum Gasteiger partial charge on any atom is -0.443 e. The van der Waals surface area contributed by atoms with E-state index >= 15 is 0 Å². The van der Waals surface area contributed by atoms with Gasteiger partial charge >= 0.3 is 6.09 Å². The van der Waals surface area contributed by atoms with Crippen LogP contribution < -0.4 is 20.2 Å². The second-order valence-electron chi connectivity index (χ2n) is 9.73. The Labute approximate surface area is 206 Å². The van der Waals surface area contributed by atoms with Crippen molar-refractivity contribution < 1.29 is 14.3 Å². The lowest BCUT2D eigenvalue weighted by Crippen LogP contribution is -2.44. The molecule has 2 aliphatic rings. The lowest BCUT2D eigenvalue weighted by atomic mass is 10.1. The first-order chi connectivity index (χ1) is 16.1. The zero-order chi connectivity index (χ0) is 24.5. The van der Waals surface area contributed by atoms with Crippen molar-refractivity contribution >= 4 is 46.9 Å². The number of hydrogen-bond acceptors (Lipinski definition) is 6. The summed E-state index contributed by atoms with van der Waals surface area (Å²) in [6.45, 7) is 10.1. The van der Waals surface area contributed by atoms with Crippen LogP contribution in [0.3, 0.4) is 0 Å². The first kappa shape index (κ1) is 24.2. The van der Waals surface area contributed by atoms with Crippen molar-refractivity contribution in [1.82, 2.24) is 10.3 Å². The van der Waals surface area contributed by atoms with E-state index in [9.17, 15) is 9.59 Å². The Kier molecular flexibility index (Phi) is 6.91. The number of amides is 2. The molecule has 0 atom stereocenters. The summed E-state index contributed by atoms with van der Waals surface area (Å²) >= 11 is 6.67. The fourth-order valence-electron chi connectivity index (χ4n) is 4.30. The Hall–Kier alpha value is -2.97. The molecule has 1 saturated heterocycles. The van der Waals surface area contributed by atoms with Crippen molar-refractivity contribution in [3.05, 3.63) is 47.0 Å². The molecule has 2 amide bonds. The molecular weight excluding hydrogens is 454 g/mol. The number of carbonyl (C=O) groups is 2. The Morgan fingerprint density at radius 2 is 1.74 bits per heavy atom. The molecule has 0 aliphatic carbocycles. The number of carbonyl (C=O) groups excluding carboxylic acids is 2. The summed E-state index contributed by atoms with van der Waals surface area (Å²) in [5.74, 6) is 0. The van der Waals surface area contributed by atoms with E-state index in [-0.39, 0.29) is 0 Å². The number of halogens is 1. The van der Waals surface area contributed by atoms with Crippen LogP contribution in [0, 0.1) is 0 Å². The molecule has 2 heterocycles. The van der Waals surface area contributed by atoms with Crippen molar-refractivity contribution in [3.63, 3.8) is 0 Å². The van der Waals surface area contributed by atoms with E-state index < -0.39 is 11.7 Å². The van der Waals surface area contributed by atoms with Gasteiger partial charge in [-0.1, -0.05) is 11.6 Å². The largest absolute Gasteiger partial charge is 0.443 e. The van der Waals surface area contributed by atoms with E-state index in [1.54, 1.807) is 32.9 Å². The average Bonchev–Trinajstić information content (AvgIpc) is 3.19. The maximum absolute atomic E-state index is 12.1. The number of hydrogen-bond donors (Lipinski definition) is 1. The van der Waals surface area contributed by atoms with Crippen molar-refractivity contribution in [2.75, 3.05) is 54.6 Å². The standard InChI is InChI=1S/C25H32ClN5O3/c1-25(2,3)34-24(33)27-31(17-32)20-7-5-19(6-8-20)30-10-9-18-15-21(26)23(16-22(18)30)29-13-11-28(4)12-14-29/h5-8,15-17H,9-14H2,1-4H3,(H,27,33). The van der Waals surface area contributed by atoms with Gasteiger partial charge in [0.25, 0.3) is 0 Å². The number of benzene rings is 2. The predicted octanol–water partition coefficient (Wildman–Crippen LogP) is 4.19. The summed E-state index contributed by atoms with van der Waals surface area (Å²) in [6, 6.07) is 11.8. The molecular formula is C25H32ClN5O3. The van der Waals surface area contributed by atoms with Gasteiger partial charge < -0.3 is 19.4 Å². The predicted molar refractivity (Wildman–Crippen MR) is 136 cm³/mol. The third kappa shape index (κ3) is 5.39. The fraction of sp³-hybridized carbons (Fsp3) is 0.440. The highest BCUT2D eigenvalue weighted by Gasteiger charge is 2.25. The summed E-state index contributed by atoms with van der Waals surface area (Å²) in [5, 5.41) is 1.91. The number of piperazine rings is 1. The number of fused-ring (bicyclic) bond motifs is 1. The number of rotatable bonds is 5. The van der Waals surface area contributed by atoms with Crippen LogP contribution in [0.4, 0.5) is 27.5 Å². The quantitative estimate of drug-likeness (QED) is 0.506. The van der Waals surface area contributed by atoms with Gasteiger partial charge in [0.1, 0.15) is 5.60 Å². The van der Waals surface area contributed by atoms with Crippen LogP contribution in [0.25, 0.3) is 0 Å². The molecule has 0 bridgehead atoms. The minimum absolute atomic E-state index is 0.540. The Morgan fingerprint density at radius 3 is 2.35 bits per heavy atom. The molecule has 2 aromatic rings. The van der Waals surface area contributed by atoms with Gasteiger partial charge in [-0.05, 0) is 76.2 Å². The minimum atomic E-state index is -0.689. The van der Waals surface area contributed by atoms with Gasteiger partial charge in [0, 0.05) is 44.1 Å². The van der Waals surface area contributed by atoms with Gasteiger partial charge in [-0.25, -0.2) is 15.2 Å². The first-order valence-corrected chi connectivity index (χ1v) is 11.9. The summed E-state index contributed by atoms with van der Waals surface area (Å²) in [4.78, 5) is 30.6. The van der Waals surface area contributed by atoms with E-state index in [1.807, 2.05) is 12.1 Å². The van der Waals surface area contributed by atoms with E-state index in [0.29, 0.717) is 12.1 Å². The number of hydrazine groups is 1. The fourth-order valence-corrected chi connectivity index (χ4v) is 4.60. The molecule has 9 heteroatoms. The molecule has 2 aromatic carbocycles. The van der Waals surface area contributed by atoms with Crippen molar-refractivity contribution in [2.45, 2.75) is 32.8 Å². The molecule has 0 unspecified atom stereocenters. The molecule has 2 aliphatic heterocycles. The third-order valence-electron chi connectivity index (χ3n) is 6.04. The molecule has 34 heavy (non-hydrogen) atoms. The van der Waals surface area contributed by atoms with Gasteiger partial charge in [-0.3, -0.25) is 4.79 Å².